The van der Waals surface area contributed by atoms with Crippen LogP contribution >= 0.6 is 0 Å². The molecule has 4 N–H and O–H groups in total. The number of anilines is 1. The average Bonchev–Trinajstić information content (AvgIpc) is 2.21. The van der Waals surface area contributed by atoms with Crippen LogP contribution in [0.5, 0.6) is 5.75 Å². The lowest BCUT2D eigenvalue weighted by Gasteiger charge is -2.10. The summed E-state index contributed by atoms with van der Waals surface area (Å²) in [6.45, 7) is 0.397. The molecule has 0 aromatic heterocycles. The number of nitrogens with two attached hydrogens (primary N) is 2. The first-order chi connectivity index (χ1) is 7.92. The SMILES string of the molecule is NCCC#Cc1ccc(N)c(OC(F)(F)F)c1. The maximum absolute atomic E-state index is 12.0. The molecule has 1 aromatic rings. The molecule has 0 saturated heterocycles. The Hall–Kier alpha value is -1.87. The van der Waals surface area contributed by atoms with Crippen LogP contribution in [0, 0.1) is 11.8 Å². The van der Waals surface area contributed by atoms with Gasteiger partial charge in [0.2, 0.25) is 0 Å². The van der Waals surface area contributed by atoms with Gasteiger partial charge in [-0.2, -0.15) is 0 Å². The predicted molar refractivity (Wildman–Crippen MR) is 58.1 cm³/mol. The second-order valence-corrected chi connectivity index (χ2v) is 3.14. The highest BCUT2D eigenvalue weighted by atomic mass is 19.4. The fourth-order valence-electron chi connectivity index (χ4n) is 1.06. The monoisotopic (exact) mass is 244 g/mol. The van der Waals surface area contributed by atoms with Crippen molar-refractivity contribution in [3.63, 3.8) is 0 Å². The Balaban J connectivity index is 2.92. The Labute approximate surface area is 96.5 Å². The molecular formula is C11H11F3N2O. The van der Waals surface area contributed by atoms with Crippen LogP contribution < -0.4 is 16.2 Å². The second-order valence-electron chi connectivity index (χ2n) is 3.14. The van der Waals surface area contributed by atoms with Crippen molar-refractivity contribution in [1.29, 1.82) is 0 Å². The minimum Gasteiger partial charge on any atom is -0.404 e. The molecule has 6 heteroatoms. The third kappa shape index (κ3) is 4.66. The summed E-state index contributed by atoms with van der Waals surface area (Å²) in [7, 11) is 0. The summed E-state index contributed by atoms with van der Waals surface area (Å²) in [5, 5.41) is 0. The van der Waals surface area contributed by atoms with Gasteiger partial charge in [-0.1, -0.05) is 11.8 Å². The largest absolute Gasteiger partial charge is 0.573 e. The molecule has 92 valence electrons. The van der Waals surface area contributed by atoms with Crippen LogP contribution in [0.15, 0.2) is 18.2 Å². The van der Waals surface area contributed by atoms with E-state index in [1.807, 2.05) is 0 Å². The van der Waals surface area contributed by atoms with Gasteiger partial charge in [0.15, 0.2) is 5.75 Å². The van der Waals surface area contributed by atoms with Crippen LogP contribution in [-0.4, -0.2) is 12.9 Å². The molecule has 17 heavy (non-hydrogen) atoms. The van der Waals surface area contributed by atoms with Crippen molar-refractivity contribution in [1.82, 2.24) is 0 Å². The third-order valence-corrected chi connectivity index (χ3v) is 1.74. The van der Waals surface area contributed by atoms with Gasteiger partial charge in [-0.3, -0.25) is 0 Å². The molecule has 0 radical (unpaired) electrons. The first-order valence-corrected chi connectivity index (χ1v) is 4.76. The van der Waals surface area contributed by atoms with E-state index in [9.17, 15) is 13.2 Å². The van der Waals surface area contributed by atoms with Crippen molar-refractivity contribution in [3.8, 4) is 17.6 Å². The number of rotatable bonds is 2. The van der Waals surface area contributed by atoms with E-state index >= 15 is 0 Å². The lowest BCUT2D eigenvalue weighted by molar-refractivity contribution is -0.274. The van der Waals surface area contributed by atoms with Crippen molar-refractivity contribution in [2.24, 2.45) is 5.73 Å². The van der Waals surface area contributed by atoms with Crippen molar-refractivity contribution in [2.45, 2.75) is 12.8 Å². The lowest BCUT2D eigenvalue weighted by Crippen LogP contribution is -2.18. The molecule has 0 aliphatic heterocycles. The lowest BCUT2D eigenvalue weighted by atomic mass is 10.2. The highest BCUT2D eigenvalue weighted by Crippen LogP contribution is 2.28. The van der Waals surface area contributed by atoms with E-state index in [1.165, 1.54) is 12.1 Å². The Morgan fingerprint density at radius 2 is 2.00 bits per heavy atom. The molecule has 0 saturated carbocycles. The van der Waals surface area contributed by atoms with E-state index in [0.717, 1.165) is 6.07 Å². The van der Waals surface area contributed by atoms with Crippen LogP contribution in [0.1, 0.15) is 12.0 Å². The maximum atomic E-state index is 12.0. The summed E-state index contributed by atoms with van der Waals surface area (Å²) < 4.78 is 39.8. The van der Waals surface area contributed by atoms with E-state index < -0.39 is 12.1 Å². The van der Waals surface area contributed by atoms with E-state index in [4.69, 9.17) is 11.5 Å². The molecule has 0 unspecified atom stereocenters. The normalized spacial score (nSPS) is 10.6. The smallest absolute Gasteiger partial charge is 0.404 e. The standard InChI is InChI=1S/C11H11F3N2O/c12-11(13,14)17-10-7-8(3-1-2-6-15)4-5-9(10)16/h4-5,7H,2,6,15-16H2. The second kappa shape index (κ2) is 5.46. The van der Waals surface area contributed by atoms with E-state index in [1.54, 1.807) is 0 Å². The number of ether oxygens (including phenoxy) is 1. The van der Waals surface area contributed by atoms with E-state index in [2.05, 4.69) is 16.6 Å². The molecular weight excluding hydrogens is 233 g/mol. The molecule has 1 aromatic carbocycles. The molecule has 0 fully saturated rings. The Morgan fingerprint density at radius 3 is 2.59 bits per heavy atom. The molecule has 0 bridgehead atoms. The van der Waals surface area contributed by atoms with Crippen molar-refractivity contribution in [3.05, 3.63) is 23.8 Å². The van der Waals surface area contributed by atoms with Gasteiger partial charge >= 0.3 is 6.36 Å². The zero-order valence-corrected chi connectivity index (χ0v) is 8.84. The first kappa shape index (κ1) is 13.2. The fourth-order valence-corrected chi connectivity index (χ4v) is 1.06. The van der Waals surface area contributed by atoms with Gasteiger partial charge in [-0.05, 0) is 18.2 Å². The maximum Gasteiger partial charge on any atom is 0.573 e. The van der Waals surface area contributed by atoms with Gasteiger partial charge in [0.05, 0.1) is 5.69 Å². The van der Waals surface area contributed by atoms with Gasteiger partial charge in [-0.15, -0.1) is 13.2 Å². The topological polar surface area (TPSA) is 61.3 Å². The van der Waals surface area contributed by atoms with Gasteiger partial charge in [0.1, 0.15) is 0 Å². The van der Waals surface area contributed by atoms with Crippen molar-refractivity contribution in [2.75, 3.05) is 12.3 Å². The zero-order chi connectivity index (χ0) is 12.9. The zero-order valence-electron chi connectivity index (χ0n) is 8.84. The van der Waals surface area contributed by atoms with Gasteiger partial charge in [0.25, 0.3) is 0 Å². The molecule has 3 nitrogen and oxygen atoms in total. The van der Waals surface area contributed by atoms with Crippen LogP contribution in [0.4, 0.5) is 18.9 Å². The van der Waals surface area contributed by atoms with Gasteiger partial charge < -0.3 is 16.2 Å². The quantitative estimate of drug-likeness (QED) is 0.616. The summed E-state index contributed by atoms with van der Waals surface area (Å²) in [5.41, 5.74) is 10.9. The average molecular weight is 244 g/mol. The number of hydrogen-bond acceptors (Lipinski definition) is 3. The molecule has 0 aliphatic carbocycles. The number of alkyl halides is 3. The van der Waals surface area contributed by atoms with Gasteiger partial charge in [-0.25, -0.2) is 0 Å². The van der Waals surface area contributed by atoms with Crippen LogP contribution in [-0.2, 0) is 0 Å². The van der Waals surface area contributed by atoms with Crippen LogP contribution in [0.2, 0.25) is 0 Å². The summed E-state index contributed by atoms with van der Waals surface area (Å²) in [5.74, 6) is 4.93. The Morgan fingerprint density at radius 1 is 1.29 bits per heavy atom. The van der Waals surface area contributed by atoms with Crippen molar-refractivity contribution >= 4 is 5.69 Å². The minimum atomic E-state index is -4.77. The van der Waals surface area contributed by atoms with Crippen molar-refractivity contribution < 1.29 is 17.9 Å². The Kier molecular flexibility index (Phi) is 4.24. The van der Waals surface area contributed by atoms with Crippen LogP contribution in [0.3, 0.4) is 0 Å². The summed E-state index contributed by atoms with van der Waals surface area (Å²) in [6.07, 6.45) is -4.29. The molecule has 0 atom stereocenters. The highest BCUT2D eigenvalue weighted by Gasteiger charge is 2.31. The van der Waals surface area contributed by atoms with E-state index in [0.29, 0.717) is 18.5 Å². The highest BCUT2D eigenvalue weighted by molar-refractivity contribution is 5.56. The number of nitrogen functional groups attached to an aromatic ring is 1. The van der Waals surface area contributed by atoms with Gasteiger partial charge in [0, 0.05) is 18.5 Å². The number of benzene rings is 1. The fraction of sp³-hybridized carbons (Fsp3) is 0.273. The summed E-state index contributed by atoms with van der Waals surface area (Å²) in [4.78, 5) is 0. The minimum absolute atomic E-state index is 0.0910. The predicted octanol–water partition coefficient (Wildman–Crippen LogP) is 1.87. The molecule has 0 aliphatic rings. The first-order valence-electron chi connectivity index (χ1n) is 4.76. The van der Waals surface area contributed by atoms with Crippen LogP contribution in [0.25, 0.3) is 0 Å². The van der Waals surface area contributed by atoms with E-state index in [-0.39, 0.29) is 5.69 Å². The molecule has 1 rings (SSSR count). The Bertz CT molecular complexity index is 446. The molecule has 0 spiro atoms. The summed E-state index contributed by atoms with van der Waals surface area (Å²) in [6, 6.07) is 3.97. The molecule has 0 heterocycles. The third-order valence-electron chi connectivity index (χ3n) is 1.74. The molecule has 0 amide bonds. The number of hydrogen-bond donors (Lipinski definition) is 2. The number of halogens is 3. The summed E-state index contributed by atoms with van der Waals surface area (Å²) >= 11 is 0.